The Hall–Kier alpha value is -4.03. The molecule has 3 amide bonds. The molecule has 6 rings (SSSR count). The Kier molecular flexibility index (Phi) is 8.07. The largest absolute Gasteiger partial charge is 0.494 e. The van der Waals surface area contributed by atoms with E-state index in [1.807, 2.05) is 58.9 Å². The number of carbonyl (C=O) groups is 3. The van der Waals surface area contributed by atoms with Gasteiger partial charge in [0.05, 0.1) is 42.2 Å². The molecule has 3 saturated heterocycles. The van der Waals surface area contributed by atoms with Gasteiger partial charge in [-0.25, -0.2) is 4.68 Å². The van der Waals surface area contributed by atoms with Crippen LogP contribution in [-0.4, -0.2) is 79.2 Å². The molecule has 0 saturated carbocycles. The molecule has 3 N–H and O–H groups in total. The van der Waals surface area contributed by atoms with Gasteiger partial charge in [-0.15, -0.1) is 5.10 Å². The van der Waals surface area contributed by atoms with Gasteiger partial charge in [0, 0.05) is 5.69 Å². The number of ether oxygens (including phenoxy) is 2. The Labute approximate surface area is 262 Å². The minimum Gasteiger partial charge on any atom is -0.494 e. The van der Waals surface area contributed by atoms with E-state index >= 15 is 0 Å². The van der Waals surface area contributed by atoms with Gasteiger partial charge in [-0.1, -0.05) is 38.1 Å². The average Bonchev–Trinajstić information content (AvgIpc) is 3.69. The number of hydrogen-bond acceptors (Lipinski definition) is 8. The van der Waals surface area contributed by atoms with Crippen molar-refractivity contribution >= 4 is 34.4 Å². The molecular weight excluding hydrogens is 576 g/mol. The second kappa shape index (κ2) is 11.7. The molecule has 45 heavy (non-hydrogen) atoms. The van der Waals surface area contributed by atoms with Crippen molar-refractivity contribution in [3.8, 4) is 5.75 Å². The van der Waals surface area contributed by atoms with Crippen molar-refractivity contribution in [2.45, 2.75) is 77.4 Å². The van der Waals surface area contributed by atoms with Crippen LogP contribution >= 0.6 is 0 Å². The van der Waals surface area contributed by atoms with Gasteiger partial charge >= 0.3 is 0 Å². The number of anilines is 1. The number of rotatable bonds is 11. The van der Waals surface area contributed by atoms with Crippen LogP contribution in [0.4, 0.5) is 5.69 Å². The molecule has 3 unspecified atom stereocenters. The quantitative estimate of drug-likeness (QED) is 0.297. The zero-order valence-corrected chi connectivity index (χ0v) is 26.4. The number of nitrogens with one attached hydrogen (secondary N) is 2. The van der Waals surface area contributed by atoms with E-state index in [1.165, 1.54) is 4.90 Å². The van der Waals surface area contributed by atoms with Gasteiger partial charge in [0.15, 0.2) is 0 Å². The van der Waals surface area contributed by atoms with E-state index in [0.29, 0.717) is 36.4 Å². The summed E-state index contributed by atoms with van der Waals surface area (Å²) >= 11 is 0. The number of aliphatic hydroxyl groups excluding tert-OH is 1. The molecule has 1 spiro atoms. The van der Waals surface area contributed by atoms with Gasteiger partial charge in [-0.2, -0.15) is 0 Å². The Bertz CT molecular complexity index is 1590. The maximum absolute atomic E-state index is 14.5. The second-order valence-electron chi connectivity index (χ2n) is 13.1. The molecule has 3 fully saturated rings. The van der Waals surface area contributed by atoms with E-state index in [1.54, 1.807) is 28.9 Å². The van der Waals surface area contributed by atoms with Crippen molar-refractivity contribution in [2.75, 3.05) is 18.5 Å². The van der Waals surface area contributed by atoms with Crippen molar-refractivity contribution in [3.63, 3.8) is 0 Å². The molecule has 7 atom stereocenters. The number of benzene rings is 2. The van der Waals surface area contributed by atoms with Crippen LogP contribution in [0.3, 0.4) is 0 Å². The molecule has 3 aromatic rings. The zero-order chi connectivity index (χ0) is 32.1. The maximum Gasteiger partial charge on any atom is 0.247 e. The third-order valence-corrected chi connectivity index (χ3v) is 9.89. The minimum absolute atomic E-state index is 0.0288. The van der Waals surface area contributed by atoms with E-state index in [-0.39, 0.29) is 36.9 Å². The van der Waals surface area contributed by atoms with Crippen molar-refractivity contribution in [1.82, 2.24) is 25.2 Å². The fourth-order valence-corrected chi connectivity index (χ4v) is 7.89. The zero-order valence-electron chi connectivity index (χ0n) is 26.4. The Morgan fingerprint density at radius 2 is 1.89 bits per heavy atom. The summed E-state index contributed by atoms with van der Waals surface area (Å²) in [5, 5.41) is 24.9. The van der Waals surface area contributed by atoms with Crippen LogP contribution in [0.2, 0.25) is 0 Å². The lowest BCUT2D eigenvalue weighted by molar-refractivity contribution is -0.150. The molecule has 4 heterocycles. The molecule has 0 radical (unpaired) electrons. The van der Waals surface area contributed by atoms with Crippen LogP contribution in [0, 0.1) is 23.7 Å². The molecule has 1 aromatic heterocycles. The molecule has 3 aliphatic rings. The van der Waals surface area contributed by atoms with E-state index in [4.69, 9.17) is 9.47 Å². The lowest BCUT2D eigenvalue weighted by Gasteiger charge is -2.37. The molecular formula is C33H42N6O6. The van der Waals surface area contributed by atoms with Crippen molar-refractivity contribution in [1.29, 1.82) is 0 Å². The molecule has 3 aliphatic heterocycles. The first-order valence-corrected chi connectivity index (χ1v) is 15.8. The minimum atomic E-state index is -1.25. The summed E-state index contributed by atoms with van der Waals surface area (Å²) in [6.45, 7) is 10.0. The number of carbonyl (C=O) groups excluding carboxylic acids is 3. The molecule has 2 bridgehead atoms. The van der Waals surface area contributed by atoms with Gasteiger partial charge in [0.1, 0.15) is 29.6 Å². The first-order chi connectivity index (χ1) is 21.5. The number of hydrogen-bond donors (Lipinski definition) is 3. The fraction of sp³-hybridized carbons (Fsp3) is 0.545. The number of amides is 3. The van der Waals surface area contributed by atoms with Crippen LogP contribution in [0.15, 0.2) is 48.5 Å². The van der Waals surface area contributed by atoms with Gasteiger partial charge in [-0.3, -0.25) is 14.4 Å². The molecule has 12 nitrogen and oxygen atoms in total. The third-order valence-electron chi connectivity index (χ3n) is 9.89. The smallest absolute Gasteiger partial charge is 0.247 e. The molecule has 2 aromatic carbocycles. The number of aliphatic hydroxyl groups is 1. The first-order valence-electron chi connectivity index (χ1n) is 15.8. The highest BCUT2D eigenvalue weighted by atomic mass is 16.5. The number of nitrogens with zero attached hydrogens (tertiary/aromatic N) is 4. The average molecular weight is 619 g/mol. The van der Waals surface area contributed by atoms with Crippen LogP contribution in [-0.2, 0) is 25.8 Å². The van der Waals surface area contributed by atoms with Gasteiger partial charge < -0.3 is 30.1 Å². The fourth-order valence-electron chi connectivity index (χ4n) is 7.89. The lowest BCUT2D eigenvalue weighted by Crippen LogP contribution is -2.58. The van der Waals surface area contributed by atoms with Gasteiger partial charge in [0.25, 0.3) is 0 Å². The maximum atomic E-state index is 14.5. The summed E-state index contributed by atoms with van der Waals surface area (Å²) in [6.07, 6.45) is 0.909. The summed E-state index contributed by atoms with van der Waals surface area (Å²) in [7, 11) is 0. The summed E-state index contributed by atoms with van der Waals surface area (Å²) < 4.78 is 13.9. The van der Waals surface area contributed by atoms with Gasteiger partial charge in [0.2, 0.25) is 17.7 Å². The van der Waals surface area contributed by atoms with Crippen molar-refractivity contribution in [2.24, 2.45) is 23.7 Å². The number of likely N-dealkylation sites (tertiary alicyclic amines) is 1. The van der Waals surface area contributed by atoms with E-state index in [0.717, 1.165) is 5.52 Å². The predicted molar refractivity (Wildman–Crippen MR) is 166 cm³/mol. The van der Waals surface area contributed by atoms with Crippen LogP contribution < -0.4 is 15.4 Å². The second-order valence-corrected chi connectivity index (χ2v) is 13.1. The summed E-state index contributed by atoms with van der Waals surface area (Å²) in [5.74, 6) is -2.14. The highest BCUT2D eigenvalue weighted by Gasteiger charge is 2.80. The normalized spacial score (nSPS) is 29.3. The third kappa shape index (κ3) is 5.04. The topological polar surface area (TPSA) is 148 Å². The standard InChI is InChI=1S/C33H42N6O6/c1-6-44-23-13-11-21(12-14-23)35-29(41)26-27-31(43)39(22(17-40)15-19(2)3)28(33(27)16-20(4)32(26,5)45-33)30(42)34-18-38-25-10-8-7-9-24(25)36-37-38/h7-14,19-20,22,26-28,40H,6,15-18H2,1-5H3,(H,34,42)(H,35,41)/t20?,22-,26-,27+,28?,32+,33?/m1/s1. The molecule has 0 aliphatic carbocycles. The van der Waals surface area contributed by atoms with E-state index in [9.17, 15) is 19.5 Å². The lowest BCUT2D eigenvalue weighted by atomic mass is 9.62. The summed E-state index contributed by atoms with van der Waals surface area (Å²) in [6, 6.07) is 12.8. The first kappa shape index (κ1) is 31.0. The summed E-state index contributed by atoms with van der Waals surface area (Å²) in [4.78, 5) is 44.4. The highest BCUT2D eigenvalue weighted by Crippen LogP contribution is 2.65. The summed E-state index contributed by atoms with van der Waals surface area (Å²) in [5.41, 5.74) is -0.200. The molecule has 240 valence electrons. The Morgan fingerprint density at radius 3 is 2.58 bits per heavy atom. The van der Waals surface area contributed by atoms with Gasteiger partial charge in [-0.05, 0) is 74.9 Å². The monoisotopic (exact) mass is 618 g/mol. The van der Waals surface area contributed by atoms with E-state index in [2.05, 4.69) is 20.9 Å². The SMILES string of the molecule is CCOc1ccc(NC(=O)[C@H]2[C@H]3C(=O)N([C@@H](CO)CC(C)C)C(C(=O)NCn4nnc5ccccc54)C34CC(C)[C@]2(C)O4)cc1. The van der Waals surface area contributed by atoms with Crippen LogP contribution in [0.5, 0.6) is 5.75 Å². The van der Waals surface area contributed by atoms with Crippen molar-refractivity contribution < 1.29 is 29.0 Å². The van der Waals surface area contributed by atoms with Crippen LogP contribution in [0.1, 0.15) is 47.5 Å². The molecule has 12 heteroatoms. The predicted octanol–water partition coefficient (Wildman–Crippen LogP) is 2.96. The number of aromatic nitrogens is 3. The highest BCUT2D eigenvalue weighted by molar-refractivity contribution is 6.02. The number of para-hydroxylation sites is 1. The van der Waals surface area contributed by atoms with E-state index < -0.39 is 41.0 Å². The Balaban J connectivity index is 1.34. The van der Waals surface area contributed by atoms with Crippen molar-refractivity contribution in [3.05, 3.63) is 48.5 Å². The van der Waals surface area contributed by atoms with Crippen LogP contribution in [0.25, 0.3) is 11.0 Å². The number of fused-ring (bicyclic) bond motifs is 2. The Morgan fingerprint density at radius 1 is 1.16 bits per heavy atom.